The molecule has 15 heavy (non-hydrogen) atoms. The highest BCUT2D eigenvalue weighted by Gasteiger charge is 2.40. The van der Waals surface area contributed by atoms with Crippen molar-refractivity contribution in [1.82, 2.24) is 4.48 Å². The van der Waals surface area contributed by atoms with E-state index < -0.39 is 8.24 Å². The molecule has 0 aromatic heterocycles. The lowest BCUT2D eigenvalue weighted by Gasteiger charge is -2.47. The van der Waals surface area contributed by atoms with Gasteiger partial charge in [0.1, 0.15) is 8.24 Å². The Morgan fingerprint density at radius 2 is 1.93 bits per heavy atom. The molecule has 1 nitrogen and oxygen atoms in total. The number of hydrogen-bond acceptors (Lipinski definition) is 1. The molecule has 1 aliphatic rings. The fourth-order valence-electron chi connectivity index (χ4n) is 1.65. The van der Waals surface area contributed by atoms with Crippen LogP contribution < -0.4 is 0 Å². The predicted molar refractivity (Wildman–Crippen MR) is 73.7 cm³/mol. The van der Waals surface area contributed by atoms with E-state index in [0.29, 0.717) is 5.04 Å². The van der Waals surface area contributed by atoms with Gasteiger partial charge in [-0.25, -0.2) is 0 Å². The van der Waals surface area contributed by atoms with Crippen molar-refractivity contribution in [2.24, 2.45) is 0 Å². The van der Waals surface area contributed by atoms with Gasteiger partial charge in [-0.1, -0.05) is 52.3 Å². The number of hydrogen-bond donors (Lipinski definition) is 0. The summed E-state index contributed by atoms with van der Waals surface area (Å²) in [4.78, 5) is 0. The van der Waals surface area contributed by atoms with Gasteiger partial charge in [-0.3, -0.25) is 0 Å². The molecule has 0 saturated heterocycles. The number of nitrogens with zero attached hydrogens (tertiary/aromatic N) is 1. The molecular formula is C12H24BNSi. The zero-order valence-electron chi connectivity index (χ0n) is 11.1. The first kappa shape index (κ1) is 12.6. The Hall–Kier alpha value is -0.438. The van der Waals surface area contributed by atoms with Gasteiger partial charge in [0, 0.05) is 0 Å². The van der Waals surface area contributed by atoms with Gasteiger partial charge in [0.2, 0.25) is 0 Å². The second-order valence-electron chi connectivity index (χ2n) is 5.96. The van der Waals surface area contributed by atoms with E-state index >= 15 is 0 Å². The molecule has 84 valence electrons. The lowest BCUT2D eigenvalue weighted by Crippen LogP contribution is -2.54. The van der Waals surface area contributed by atoms with Crippen LogP contribution in [0.25, 0.3) is 0 Å². The summed E-state index contributed by atoms with van der Waals surface area (Å²) in [5.74, 6) is 0. The van der Waals surface area contributed by atoms with E-state index in [1.807, 2.05) is 0 Å². The third kappa shape index (κ3) is 2.57. The fourth-order valence-corrected chi connectivity index (χ4v) is 3.57. The van der Waals surface area contributed by atoms with E-state index in [4.69, 9.17) is 0 Å². The van der Waals surface area contributed by atoms with E-state index in [9.17, 15) is 0 Å². The third-order valence-corrected chi connectivity index (χ3v) is 9.39. The Kier molecular flexibility index (Phi) is 3.54. The maximum atomic E-state index is 2.60. The monoisotopic (exact) mass is 221 g/mol. The summed E-state index contributed by atoms with van der Waals surface area (Å²) in [5, 5.41) is 0.424. The van der Waals surface area contributed by atoms with Gasteiger partial charge in [0.15, 0.2) is 0 Å². The Morgan fingerprint density at radius 3 is 2.40 bits per heavy atom. The average molecular weight is 221 g/mol. The van der Waals surface area contributed by atoms with Crippen molar-refractivity contribution in [2.45, 2.75) is 52.2 Å². The zero-order valence-corrected chi connectivity index (χ0v) is 12.1. The molecule has 0 N–H and O–H groups in total. The second kappa shape index (κ2) is 4.20. The molecule has 3 heteroatoms. The van der Waals surface area contributed by atoms with Crippen LogP contribution >= 0.6 is 0 Å². The lowest BCUT2D eigenvalue weighted by molar-refractivity contribution is 0.655. The van der Waals surface area contributed by atoms with Crippen LogP contribution in [0.4, 0.5) is 0 Å². The Balaban J connectivity index is 2.84. The highest BCUT2D eigenvalue weighted by Crippen LogP contribution is 2.38. The van der Waals surface area contributed by atoms with Gasteiger partial charge < -0.3 is 4.48 Å². The highest BCUT2D eigenvalue weighted by molar-refractivity contribution is 6.83. The molecule has 0 saturated carbocycles. The summed E-state index contributed by atoms with van der Waals surface area (Å²) in [7, 11) is -0.214. The zero-order chi connectivity index (χ0) is 11.7. The second-order valence-corrected chi connectivity index (χ2v) is 11.1. The minimum absolute atomic E-state index is 0.424. The molecule has 0 spiro atoms. The standard InChI is InChI=1S/C12H24BNSi/c1-7-11-9-8-10-14(13-11)15(5,6)12(2,3)4/h8-10,13H,7H2,1-6H3. The topological polar surface area (TPSA) is 3.24 Å². The molecular weight excluding hydrogens is 197 g/mol. The van der Waals surface area contributed by atoms with Gasteiger partial charge in [0.05, 0.1) is 0 Å². The molecule has 1 heterocycles. The molecule has 0 atom stereocenters. The molecule has 0 aromatic rings. The van der Waals surface area contributed by atoms with Crippen LogP contribution in [0.1, 0.15) is 34.1 Å². The lowest BCUT2D eigenvalue weighted by atomic mass is 9.78. The maximum Gasteiger partial charge on any atom is 0.256 e. The quantitative estimate of drug-likeness (QED) is 0.645. The number of allylic oxidation sites excluding steroid dienone is 3. The van der Waals surface area contributed by atoms with Crippen molar-refractivity contribution in [3.63, 3.8) is 0 Å². The van der Waals surface area contributed by atoms with Gasteiger partial charge in [-0.05, 0) is 23.7 Å². The fraction of sp³-hybridized carbons (Fsp3) is 0.667. The molecule has 0 radical (unpaired) electrons. The average Bonchev–Trinajstić information content (AvgIpc) is 2.16. The van der Waals surface area contributed by atoms with Crippen LogP contribution in [0, 0.1) is 0 Å². The smallest absolute Gasteiger partial charge is 0.256 e. The summed E-state index contributed by atoms with van der Waals surface area (Å²) < 4.78 is 2.60. The van der Waals surface area contributed by atoms with Crippen LogP contribution in [0.2, 0.25) is 18.1 Å². The van der Waals surface area contributed by atoms with Crippen LogP contribution in [0.3, 0.4) is 0 Å². The highest BCUT2D eigenvalue weighted by atomic mass is 28.3. The largest absolute Gasteiger partial charge is 0.447 e. The van der Waals surface area contributed by atoms with Crippen LogP contribution in [-0.4, -0.2) is 20.1 Å². The first-order valence-electron chi connectivity index (χ1n) is 5.92. The van der Waals surface area contributed by atoms with E-state index in [-0.39, 0.29) is 0 Å². The van der Waals surface area contributed by atoms with Crippen molar-refractivity contribution in [1.29, 1.82) is 0 Å². The molecule has 0 unspecified atom stereocenters. The van der Waals surface area contributed by atoms with Crippen LogP contribution in [-0.2, 0) is 0 Å². The normalized spacial score (nSPS) is 17.5. The molecule has 1 rings (SSSR count). The molecule has 0 amide bonds. The van der Waals surface area contributed by atoms with Crippen molar-refractivity contribution in [3.8, 4) is 0 Å². The van der Waals surface area contributed by atoms with E-state index in [1.165, 1.54) is 6.42 Å². The Labute approximate surface area is 96.6 Å². The van der Waals surface area contributed by atoms with Crippen molar-refractivity contribution in [3.05, 3.63) is 23.8 Å². The van der Waals surface area contributed by atoms with Crippen molar-refractivity contribution in [2.75, 3.05) is 0 Å². The van der Waals surface area contributed by atoms with E-state index in [0.717, 1.165) is 7.41 Å². The predicted octanol–water partition coefficient (Wildman–Crippen LogP) is 3.47. The Morgan fingerprint density at radius 1 is 1.33 bits per heavy atom. The summed E-state index contributed by atoms with van der Waals surface area (Å²) in [5.41, 5.74) is 1.56. The summed E-state index contributed by atoms with van der Waals surface area (Å²) in [6.45, 7) is 14.3. The molecule has 0 aromatic carbocycles. The summed E-state index contributed by atoms with van der Waals surface area (Å²) in [6, 6.07) is 0. The van der Waals surface area contributed by atoms with Gasteiger partial charge in [-0.2, -0.15) is 0 Å². The molecule has 0 fully saturated rings. The number of rotatable bonds is 2. The summed E-state index contributed by atoms with van der Waals surface area (Å²) in [6.07, 6.45) is 7.94. The maximum absolute atomic E-state index is 2.60. The van der Waals surface area contributed by atoms with Gasteiger partial charge in [-0.15, -0.1) is 0 Å². The first-order chi connectivity index (χ1) is 6.79. The Bertz CT molecular complexity index is 286. The van der Waals surface area contributed by atoms with Gasteiger partial charge >= 0.3 is 0 Å². The molecule has 0 aliphatic carbocycles. The third-order valence-electron chi connectivity index (χ3n) is 3.98. The van der Waals surface area contributed by atoms with E-state index in [1.54, 1.807) is 5.47 Å². The van der Waals surface area contributed by atoms with Crippen LogP contribution in [0.15, 0.2) is 23.8 Å². The van der Waals surface area contributed by atoms with Gasteiger partial charge in [0.25, 0.3) is 7.41 Å². The van der Waals surface area contributed by atoms with Crippen molar-refractivity contribution >= 4 is 15.6 Å². The minimum atomic E-state index is -1.36. The summed E-state index contributed by atoms with van der Waals surface area (Å²) >= 11 is 0. The SMILES string of the molecule is CCC1=CC=CN([Si](C)(C)C(C)(C)C)B1. The molecule has 0 bridgehead atoms. The van der Waals surface area contributed by atoms with Crippen LogP contribution in [0.5, 0.6) is 0 Å². The minimum Gasteiger partial charge on any atom is -0.447 e. The van der Waals surface area contributed by atoms with Crippen molar-refractivity contribution < 1.29 is 0 Å². The van der Waals surface area contributed by atoms with E-state index in [2.05, 4.69) is 63.6 Å². The molecule has 1 aliphatic heterocycles. The first-order valence-corrected chi connectivity index (χ1v) is 8.86.